The number of hydrogen-bond acceptors (Lipinski definition) is 4. The van der Waals surface area contributed by atoms with Crippen molar-refractivity contribution >= 4 is 11.6 Å². The van der Waals surface area contributed by atoms with E-state index in [4.69, 9.17) is 4.42 Å². The van der Waals surface area contributed by atoms with Crippen LogP contribution in [0, 0.1) is 5.92 Å². The molecule has 0 saturated carbocycles. The Morgan fingerprint density at radius 2 is 2.39 bits per heavy atom. The van der Waals surface area contributed by atoms with Crippen molar-refractivity contribution in [1.29, 1.82) is 0 Å². The van der Waals surface area contributed by atoms with Crippen molar-refractivity contribution in [2.24, 2.45) is 13.0 Å². The van der Waals surface area contributed by atoms with Crippen LogP contribution in [0.5, 0.6) is 0 Å². The fraction of sp³-hybridized carbons (Fsp3) is 0.308. The first-order valence-electron chi connectivity index (χ1n) is 5.80. The predicted octanol–water partition coefficient (Wildman–Crippen LogP) is 1.64. The standard InChI is InChI=1S/C13H12N2O3/c1-15-6-5-14-13(15)12(17)9-2-3-10-8(11(9)16)4-7-18-10/h4-7,9H,2-3H2,1H3. The third-order valence-corrected chi connectivity index (χ3v) is 3.35. The number of hydrogen-bond donors (Lipinski definition) is 0. The molecular weight excluding hydrogens is 232 g/mol. The zero-order valence-electron chi connectivity index (χ0n) is 9.92. The largest absolute Gasteiger partial charge is 0.469 e. The van der Waals surface area contributed by atoms with Crippen molar-refractivity contribution in [3.8, 4) is 0 Å². The summed E-state index contributed by atoms with van der Waals surface area (Å²) in [6, 6.07) is 1.63. The Hall–Kier alpha value is -2.17. The second-order valence-electron chi connectivity index (χ2n) is 4.44. The number of carbonyl (C=O) groups is 2. The molecule has 0 N–H and O–H groups in total. The Bertz CT molecular complexity index is 624. The normalized spacial score (nSPS) is 18.7. The third kappa shape index (κ3) is 1.51. The number of carbonyl (C=O) groups excluding carboxylic acids is 2. The summed E-state index contributed by atoms with van der Waals surface area (Å²) in [6.45, 7) is 0. The number of imidazole rings is 1. The summed E-state index contributed by atoms with van der Waals surface area (Å²) in [7, 11) is 1.75. The zero-order valence-corrected chi connectivity index (χ0v) is 9.92. The number of furan rings is 1. The minimum absolute atomic E-state index is 0.155. The first-order valence-corrected chi connectivity index (χ1v) is 5.80. The van der Waals surface area contributed by atoms with Crippen LogP contribution < -0.4 is 0 Å². The van der Waals surface area contributed by atoms with E-state index in [9.17, 15) is 9.59 Å². The molecule has 3 rings (SSSR count). The van der Waals surface area contributed by atoms with E-state index in [1.165, 1.54) is 6.26 Å². The van der Waals surface area contributed by atoms with Gasteiger partial charge >= 0.3 is 0 Å². The lowest BCUT2D eigenvalue weighted by molar-refractivity contribution is 0.0779. The number of ketones is 2. The molecule has 1 aliphatic rings. The summed E-state index contributed by atoms with van der Waals surface area (Å²) < 4.78 is 6.86. The predicted molar refractivity (Wildman–Crippen MR) is 62.4 cm³/mol. The average molecular weight is 244 g/mol. The Labute approximate surface area is 103 Å². The number of fused-ring (bicyclic) bond motifs is 1. The summed E-state index contributed by atoms with van der Waals surface area (Å²) in [4.78, 5) is 28.5. The molecular formula is C13H12N2O3. The molecule has 0 saturated heterocycles. The van der Waals surface area contributed by atoms with Gasteiger partial charge in [-0.2, -0.15) is 0 Å². The highest BCUT2D eigenvalue weighted by Crippen LogP contribution is 2.28. The van der Waals surface area contributed by atoms with E-state index in [2.05, 4.69) is 4.98 Å². The van der Waals surface area contributed by atoms with Crippen molar-refractivity contribution in [1.82, 2.24) is 9.55 Å². The fourth-order valence-corrected chi connectivity index (χ4v) is 2.36. The van der Waals surface area contributed by atoms with Gasteiger partial charge in [0.1, 0.15) is 5.76 Å². The molecule has 0 spiro atoms. The second kappa shape index (κ2) is 3.94. The van der Waals surface area contributed by atoms with Crippen LogP contribution in [0.15, 0.2) is 29.1 Å². The number of Topliss-reactive ketones (excluding diaryl/α,β-unsaturated/α-hetero) is 2. The van der Waals surface area contributed by atoms with E-state index in [-0.39, 0.29) is 11.6 Å². The van der Waals surface area contributed by atoms with Crippen LogP contribution in [-0.2, 0) is 13.5 Å². The Morgan fingerprint density at radius 3 is 3.11 bits per heavy atom. The van der Waals surface area contributed by atoms with Crippen LogP contribution in [-0.4, -0.2) is 21.1 Å². The first-order chi connectivity index (χ1) is 8.68. The SMILES string of the molecule is Cn1ccnc1C(=O)C1CCc2occc2C1=O. The third-order valence-electron chi connectivity index (χ3n) is 3.35. The van der Waals surface area contributed by atoms with E-state index < -0.39 is 5.92 Å². The second-order valence-corrected chi connectivity index (χ2v) is 4.44. The Morgan fingerprint density at radius 1 is 1.56 bits per heavy atom. The first kappa shape index (κ1) is 11.0. The van der Waals surface area contributed by atoms with E-state index in [0.717, 1.165) is 0 Å². The molecule has 92 valence electrons. The van der Waals surface area contributed by atoms with E-state index in [1.54, 1.807) is 30.1 Å². The summed E-state index contributed by atoms with van der Waals surface area (Å²) in [6.07, 6.45) is 5.86. The molecule has 0 bridgehead atoms. The summed E-state index contributed by atoms with van der Waals surface area (Å²) >= 11 is 0. The topological polar surface area (TPSA) is 65.1 Å². The van der Waals surface area contributed by atoms with Gasteiger partial charge in [-0.3, -0.25) is 9.59 Å². The molecule has 0 aliphatic heterocycles. The summed E-state index contributed by atoms with van der Waals surface area (Å²) in [5.74, 6) is 0.0257. The molecule has 1 atom stereocenters. The molecule has 0 fully saturated rings. The molecule has 0 radical (unpaired) electrons. The Kier molecular flexibility index (Phi) is 2.40. The molecule has 0 aromatic carbocycles. The monoisotopic (exact) mass is 244 g/mol. The fourth-order valence-electron chi connectivity index (χ4n) is 2.36. The van der Waals surface area contributed by atoms with E-state index in [1.807, 2.05) is 0 Å². The van der Waals surface area contributed by atoms with Gasteiger partial charge in [0.05, 0.1) is 17.7 Å². The molecule has 2 aromatic rings. The molecule has 18 heavy (non-hydrogen) atoms. The number of aryl methyl sites for hydroxylation is 2. The van der Waals surface area contributed by atoms with Crippen molar-refractivity contribution in [2.75, 3.05) is 0 Å². The Balaban J connectivity index is 1.94. The van der Waals surface area contributed by atoms with Crippen molar-refractivity contribution < 1.29 is 14.0 Å². The van der Waals surface area contributed by atoms with Gasteiger partial charge in [-0.15, -0.1) is 0 Å². The quantitative estimate of drug-likeness (QED) is 0.595. The van der Waals surface area contributed by atoms with Gasteiger partial charge in [0.2, 0.25) is 5.78 Å². The molecule has 5 heteroatoms. The van der Waals surface area contributed by atoms with Gasteiger partial charge in [0.15, 0.2) is 11.6 Å². The maximum Gasteiger partial charge on any atom is 0.209 e. The summed E-state index contributed by atoms with van der Waals surface area (Å²) in [5.41, 5.74) is 0.536. The van der Waals surface area contributed by atoms with Crippen molar-refractivity contribution in [3.63, 3.8) is 0 Å². The lowest BCUT2D eigenvalue weighted by Crippen LogP contribution is -2.30. The van der Waals surface area contributed by atoms with Gasteiger partial charge in [0, 0.05) is 25.9 Å². The minimum Gasteiger partial charge on any atom is -0.469 e. The van der Waals surface area contributed by atoms with E-state index in [0.29, 0.717) is 30.0 Å². The number of nitrogens with zero attached hydrogens (tertiary/aromatic N) is 2. The lowest BCUT2D eigenvalue weighted by atomic mass is 9.83. The van der Waals surface area contributed by atoms with Crippen LogP contribution >= 0.6 is 0 Å². The average Bonchev–Trinajstić information content (AvgIpc) is 2.97. The van der Waals surface area contributed by atoms with Crippen LogP contribution in [0.2, 0.25) is 0 Å². The highest BCUT2D eigenvalue weighted by Gasteiger charge is 2.36. The molecule has 0 amide bonds. The molecule has 2 aromatic heterocycles. The van der Waals surface area contributed by atoms with Gasteiger partial charge in [-0.1, -0.05) is 0 Å². The lowest BCUT2D eigenvalue weighted by Gasteiger charge is -2.18. The maximum atomic E-state index is 12.3. The van der Waals surface area contributed by atoms with Crippen molar-refractivity contribution in [3.05, 3.63) is 41.9 Å². The molecule has 1 unspecified atom stereocenters. The minimum atomic E-state index is -0.629. The van der Waals surface area contributed by atoms with E-state index >= 15 is 0 Å². The van der Waals surface area contributed by atoms with Crippen LogP contribution in [0.25, 0.3) is 0 Å². The molecule has 1 aliphatic carbocycles. The van der Waals surface area contributed by atoms with Gasteiger partial charge in [-0.25, -0.2) is 4.98 Å². The number of rotatable bonds is 2. The van der Waals surface area contributed by atoms with Crippen LogP contribution in [0.3, 0.4) is 0 Å². The van der Waals surface area contributed by atoms with Gasteiger partial charge in [0.25, 0.3) is 0 Å². The smallest absolute Gasteiger partial charge is 0.209 e. The highest BCUT2D eigenvalue weighted by molar-refractivity contribution is 6.15. The summed E-state index contributed by atoms with van der Waals surface area (Å²) in [5, 5.41) is 0. The van der Waals surface area contributed by atoms with Gasteiger partial charge in [-0.05, 0) is 12.5 Å². The maximum absolute atomic E-state index is 12.3. The number of aromatic nitrogens is 2. The molecule has 5 nitrogen and oxygen atoms in total. The molecule has 2 heterocycles. The van der Waals surface area contributed by atoms with Crippen LogP contribution in [0.1, 0.15) is 33.2 Å². The van der Waals surface area contributed by atoms with Crippen molar-refractivity contribution in [2.45, 2.75) is 12.8 Å². The van der Waals surface area contributed by atoms with Gasteiger partial charge < -0.3 is 8.98 Å². The zero-order chi connectivity index (χ0) is 12.7. The van der Waals surface area contributed by atoms with Crippen LogP contribution in [0.4, 0.5) is 0 Å². The highest BCUT2D eigenvalue weighted by atomic mass is 16.3.